The molecule has 6 unspecified atom stereocenters. The molecule has 2 saturated carbocycles. The zero-order valence-electron chi connectivity index (χ0n) is 36.1. The molecule has 12 nitrogen and oxygen atoms in total. The van der Waals surface area contributed by atoms with Crippen LogP contribution in [0.3, 0.4) is 0 Å². The smallest absolute Gasteiger partial charge is 0.318 e. The summed E-state index contributed by atoms with van der Waals surface area (Å²) in [7, 11) is 0.521. The fraction of sp³-hybridized carbons (Fsp3) is 0.469. The molecule has 6 aliphatic rings. The van der Waals surface area contributed by atoms with Gasteiger partial charge in [0.25, 0.3) is 5.91 Å². The summed E-state index contributed by atoms with van der Waals surface area (Å²) < 4.78 is 34.6. The van der Waals surface area contributed by atoms with Crippen molar-refractivity contribution >= 4 is 27.8 Å². The summed E-state index contributed by atoms with van der Waals surface area (Å²) >= 11 is 0. The average Bonchev–Trinajstić information content (AvgIpc) is 3.90. The predicted molar refractivity (Wildman–Crippen MR) is 240 cm³/mol. The van der Waals surface area contributed by atoms with Gasteiger partial charge in [-0.3, -0.25) is 14.6 Å². The van der Waals surface area contributed by atoms with Gasteiger partial charge in [-0.25, -0.2) is 9.52 Å². The van der Waals surface area contributed by atoms with Crippen LogP contribution in [-0.4, -0.2) is 111 Å². The van der Waals surface area contributed by atoms with Crippen LogP contribution in [0.5, 0.6) is 5.75 Å². The molecular weight excluding hydrogens is 799 g/mol. The molecule has 0 radical (unpaired) electrons. The molecule has 2 N–H and O–H groups in total. The van der Waals surface area contributed by atoms with Crippen LogP contribution in [-0.2, 0) is 23.3 Å². The molecule has 13 heteroatoms. The van der Waals surface area contributed by atoms with Gasteiger partial charge in [0.05, 0.1) is 18.7 Å². The van der Waals surface area contributed by atoms with E-state index in [-0.39, 0.29) is 36.0 Å². The number of benzene rings is 4. The summed E-state index contributed by atoms with van der Waals surface area (Å²) in [5.41, 5.74) is 6.96. The molecule has 0 spiro atoms. The van der Waals surface area contributed by atoms with Crippen molar-refractivity contribution in [3.8, 4) is 5.75 Å². The number of carbonyl (C=O) groups excluding carboxylic acids is 2. The number of piperazine rings is 2. The molecule has 3 amide bonds. The van der Waals surface area contributed by atoms with E-state index in [9.17, 15) is 18.0 Å². The Bertz CT molecular complexity index is 2410. The quantitative estimate of drug-likeness (QED) is 0.186. The maximum Gasteiger partial charge on any atom is 0.318 e. The van der Waals surface area contributed by atoms with Crippen molar-refractivity contribution in [2.45, 2.75) is 87.1 Å². The van der Waals surface area contributed by atoms with Crippen molar-refractivity contribution in [1.29, 1.82) is 0 Å². The standard InChI is InChI=1S/C49H59N7O5S/c1-52(2)62(59,60)51-47(57)36-19-21-41-44(23-36)56-32-49(25-43(49)42-24-39(61-3)20-22-40(42)46(56)45(41)35-17-11-6-12-18-35)50-48(58)54-30-37-28-53(26-33-13-7-4-8-14-33)29-38(31-54)55(37)27-34-15-9-5-10-16-34/h4-5,7-10,13-16,19-24,35,37-38,43,45-46H,6,11-12,17-18,25-32H2,1-3H3,(H,50,58)(H,51,57). The lowest BCUT2D eigenvalue weighted by atomic mass is 9.72. The molecule has 4 aromatic rings. The lowest BCUT2D eigenvalue weighted by Crippen LogP contribution is -2.69. The number of hydrogen-bond donors (Lipinski definition) is 2. The molecule has 326 valence electrons. The van der Waals surface area contributed by atoms with Gasteiger partial charge in [-0.15, -0.1) is 0 Å². The number of nitrogens with zero attached hydrogens (tertiary/aromatic N) is 5. The Balaban J connectivity index is 0.967. The molecule has 62 heavy (non-hydrogen) atoms. The molecule has 10 rings (SSSR count). The molecular formula is C49H59N7O5S. The maximum atomic E-state index is 14.9. The Labute approximate surface area is 366 Å². The number of anilines is 1. The Morgan fingerprint density at radius 2 is 1.45 bits per heavy atom. The van der Waals surface area contributed by atoms with E-state index in [1.807, 2.05) is 6.07 Å². The van der Waals surface area contributed by atoms with Crippen LogP contribution >= 0.6 is 0 Å². The first-order valence-corrected chi connectivity index (χ1v) is 23.9. The topological polar surface area (TPSA) is 118 Å². The van der Waals surface area contributed by atoms with Gasteiger partial charge in [-0.2, -0.15) is 12.7 Å². The number of carbonyl (C=O) groups is 2. The summed E-state index contributed by atoms with van der Waals surface area (Å²) in [5.74, 6) is 0.869. The number of ether oxygens (including phenoxy) is 1. The summed E-state index contributed by atoms with van der Waals surface area (Å²) in [4.78, 5) is 38.2. The third-order valence-electron chi connectivity index (χ3n) is 14.9. The molecule has 4 heterocycles. The fourth-order valence-corrected chi connectivity index (χ4v) is 12.3. The lowest BCUT2D eigenvalue weighted by Gasteiger charge is -2.53. The Kier molecular flexibility index (Phi) is 10.8. The highest BCUT2D eigenvalue weighted by atomic mass is 32.2. The average molecular weight is 858 g/mol. The van der Waals surface area contributed by atoms with Gasteiger partial charge in [0.1, 0.15) is 5.75 Å². The molecule has 2 aliphatic carbocycles. The number of methoxy groups -OCH3 is 1. The Morgan fingerprint density at radius 1 is 0.790 bits per heavy atom. The van der Waals surface area contributed by atoms with Gasteiger partial charge < -0.3 is 19.9 Å². The molecule has 2 bridgehead atoms. The van der Waals surface area contributed by atoms with Crippen molar-refractivity contribution in [3.05, 3.63) is 130 Å². The zero-order chi connectivity index (χ0) is 42.8. The van der Waals surface area contributed by atoms with Gasteiger partial charge in [-0.05, 0) is 77.3 Å². The molecule has 4 fully saturated rings. The summed E-state index contributed by atoms with van der Waals surface area (Å²) in [6, 6.07) is 33.9. The van der Waals surface area contributed by atoms with E-state index >= 15 is 0 Å². The predicted octanol–water partition coefficient (Wildman–Crippen LogP) is 6.48. The van der Waals surface area contributed by atoms with E-state index in [2.05, 4.69) is 115 Å². The van der Waals surface area contributed by atoms with Crippen molar-refractivity contribution in [3.63, 3.8) is 0 Å². The second-order valence-electron chi connectivity index (χ2n) is 18.9. The van der Waals surface area contributed by atoms with Gasteiger partial charge in [0.2, 0.25) is 0 Å². The van der Waals surface area contributed by atoms with Crippen LogP contribution in [0.1, 0.15) is 94.6 Å². The van der Waals surface area contributed by atoms with Crippen LogP contribution in [0.4, 0.5) is 10.5 Å². The monoisotopic (exact) mass is 857 g/mol. The number of fused-ring (bicyclic) bond motifs is 9. The van der Waals surface area contributed by atoms with Crippen LogP contribution in [0.15, 0.2) is 97.1 Å². The Morgan fingerprint density at radius 3 is 2.11 bits per heavy atom. The molecule has 6 atom stereocenters. The van der Waals surface area contributed by atoms with E-state index in [4.69, 9.17) is 4.74 Å². The Hall–Kier alpha value is -4.95. The third-order valence-corrected chi connectivity index (χ3v) is 16.3. The van der Waals surface area contributed by atoms with Crippen molar-refractivity contribution in [1.82, 2.24) is 29.0 Å². The highest BCUT2D eigenvalue weighted by Crippen LogP contribution is 2.64. The van der Waals surface area contributed by atoms with E-state index in [0.29, 0.717) is 31.1 Å². The van der Waals surface area contributed by atoms with E-state index in [0.717, 1.165) is 61.2 Å². The van der Waals surface area contributed by atoms with Crippen LogP contribution in [0.25, 0.3) is 0 Å². The summed E-state index contributed by atoms with van der Waals surface area (Å²) in [5, 5.41) is 3.69. The first kappa shape index (κ1) is 41.1. The zero-order valence-corrected chi connectivity index (χ0v) is 36.9. The highest BCUT2D eigenvalue weighted by molar-refractivity contribution is 7.87. The second kappa shape index (κ2) is 16.3. The van der Waals surface area contributed by atoms with Crippen LogP contribution < -0.4 is 19.7 Å². The molecule has 4 aliphatic heterocycles. The SMILES string of the molecule is COc1ccc2c(c1)C1CC1(NC(=O)N1CC3CN(Cc4ccccc4)CC(C1)N3Cc1ccccc1)CN1c3cc(C(=O)NS(=O)(=O)N(C)C)ccc3C(C3CCCCC3)C21. The highest BCUT2D eigenvalue weighted by Gasteiger charge is 2.63. The number of amides is 3. The van der Waals surface area contributed by atoms with Gasteiger partial charge in [-0.1, -0.05) is 92.1 Å². The number of hydrogen-bond acceptors (Lipinski definition) is 8. The first-order chi connectivity index (χ1) is 30.0. The number of nitrogens with one attached hydrogen (secondary N) is 2. The lowest BCUT2D eigenvalue weighted by molar-refractivity contribution is -0.0404. The maximum absolute atomic E-state index is 14.9. The largest absolute Gasteiger partial charge is 0.497 e. The van der Waals surface area contributed by atoms with E-state index < -0.39 is 21.7 Å². The minimum Gasteiger partial charge on any atom is -0.497 e. The molecule has 0 aromatic heterocycles. The minimum atomic E-state index is -3.99. The minimum absolute atomic E-state index is 0.00381. The summed E-state index contributed by atoms with van der Waals surface area (Å²) in [6.07, 6.45) is 6.68. The second-order valence-corrected chi connectivity index (χ2v) is 20.8. The van der Waals surface area contributed by atoms with Crippen molar-refractivity contribution in [2.75, 3.05) is 58.8 Å². The van der Waals surface area contributed by atoms with Gasteiger partial charge in [0.15, 0.2) is 0 Å². The van der Waals surface area contributed by atoms with E-state index in [1.54, 1.807) is 13.2 Å². The third kappa shape index (κ3) is 7.64. The number of rotatable bonds is 10. The molecule has 4 aromatic carbocycles. The molecule has 2 saturated heterocycles. The van der Waals surface area contributed by atoms with Gasteiger partial charge in [0, 0.05) is 95.1 Å². The van der Waals surface area contributed by atoms with Crippen molar-refractivity contribution in [2.24, 2.45) is 5.92 Å². The number of urea groups is 1. The summed E-state index contributed by atoms with van der Waals surface area (Å²) in [6.45, 7) is 5.36. The van der Waals surface area contributed by atoms with Crippen molar-refractivity contribution < 1.29 is 22.7 Å². The first-order valence-electron chi connectivity index (χ1n) is 22.5. The van der Waals surface area contributed by atoms with E-state index in [1.165, 1.54) is 61.2 Å². The van der Waals surface area contributed by atoms with Crippen LogP contribution in [0.2, 0.25) is 0 Å². The van der Waals surface area contributed by atoms with Gasteiger partial charge >= 0.3 is 16.2 Å². The fourth-order valence-electron chi connectivity index (χ4n) is 11.7. The van der Waals surface area contributed by atoms with Crippen LogP contribution in [0, 0.1) is 5.92 Å². The normalized spacial score (nSPS) is 27.1.